The van der Waals surface area contributed by atoms with Crippen LogP contribution in [-0.4, -0.2) is 48.9 Å². The SMILES string of the molecule is CCNC(=O)C1CNCCN1C(=O)c1ccc(F)cc1Br. The second kappa shape index (κ2) is 7.00. The Balaban J connectivity index is 2.24. The zero-order valence-corrected chi connectivity index (χ0v) is 13.2. The van der Waals surface area contributed by atoms with Gasteiger partial charge in [-0.05, 0) is 41.1 Å². The summed E-state index contributed by atoms with van der Waals surface area (Å²) < 4.78 is 13.5. The van der Waals surface area contributed by atoms with Crippen molar-refractivity contribution < 1.29 is 14.0 Å². The summed E-state index contributed by atoms with van der Waals surface area (Å²) in [6.45, 7) is 3.82. The van der Waals surface area contributed by atoms with E-state index in [0.29, 0.717) is 36.2 Å². The number of rotatable bonds is 3. The van der Waals surface area contributed by atoms with Gasteiger partial charge in [-0.2, -0.15) is 0 Å². The van der Waals surface area contributed by atoms with Crippen LogP contribution in [0.1, 0.15) is 17.3 Å². The highest BCUT2D eigenvalue weighted by Crippen LogP contribution is 2.21. The second-order valence-corrected chi connectivity index (χ2v) is 5.59. The lowest BCUT2D eigenvalue weighted by Gasteiger charge is -2.35. The maximum absolute atomic E-state index is 13.1. The third kappa shape index (κ3) is 3.59. The quantitative estimate of drug-likeness (QED) is 0.852. The van der Waals surface area contributed by atoms with Crippen molar-refractivity contribution >= 4 is 27.7 Å². The van der Waals surface area contributed by atoms with E-state index in [9.17, 15) is 14.0 Å². The third-order valence-electron chi connectivity index (χ3n) is 3.32. The Kier molecular flexibility index (Phi) is 5.30. The van der Waals surface area contributed by atoms with Crippen LogP contribution in [0, 0.1) is 5.82 Å². The standard InChI is InChI=1S/C14H17BrFN3O2/c1-2-18-13(20)12-8-17-5-6-19(12)14(21)10-4-3-9(16)7-11(10)15/h3-4,7,12,17H,2,5-6,8H2,1H3,(H,18,20). The summed E-state index contributed by atoms with van der Waals surface area (Å²) in [5.74, 6) is -0.880. The molecule has 5 nitrogen and oxygen atoms in total. The highest BCUT2D eigenvalue weighted by atomic mass is 79.9. The molecule has 21 heavy (non-hydrogen) atoms. The van der Waals surface area contributed by atoms with Crippen LogP contribution < -0.4 is 10.6 Å². The van der Waals surface area contributed by atoms with Gasteiger partial charge in [0.15, 0.2) is 0 Å². The summed E-state index contributed by atoms with van der Waals surface area (Å²) in [6.07, 6.45) is 0. The molecule has 1 aromatic rings. The molecule has 1 aromatic carbocycles. The number of piperazine rings is 1. The molecule has 1 unspecified atom stereocenters. The molecule has 1 fully saturated rings. The minimum atomic E-state index is -0.553. The molecular formula is C14H17BrFN3O2. The van der Waals surface area contributed by atoms with E-state index in [1.54, 1.807) is 0 Å². The van der Waals surface area contributed by atoms with Gasteiger partial charge in [-0.1, -0.05) is 0 Å². The molecular weight excluding hydrogens is 341 g/mol. The number of hydrogen-bond donors (Lipinski definition) is 2. The number of nitrogens with one attached hydrogen (secondary N) is 2. The van der Waals surface area contributed by atoms with Gasteiger partial charge >= 0.3 is 0 Å². The minimum Gasteiger partial charge on any atom is -0.355 e. The Morgan fingerprint density at radius 3 is 2.95 bits per heavy atom. The van der Waals surface area contributed by atoms with Crippen molar-refractivity contribution in [3.63, 3.8) is 0 Å². The maximum Gasteiger partial charge on any atom is 0.255 e. The van der Waals surface area contributed by atoms with Gasteiger partial charge in [-0.25, -0.2) is 4.39 Å². The van der Waals surface area contributed by atoms with Gasteiger partial charge in [0.05, 0.1) is 5.56 Å². The van der Waals surface area contributed by atoms with Crippen LogP contribution in [0.2, 0.25) is 0 Å². The molecule has 114 valence electrons. The molecule has 2 amide bonds. The molecule has 1 aliphatic heterocycles. The van der Waals surface area contributed by atoms with Gasteiger partial charge in [-0.15, -0.1) is 0 Å². The average molecular weight is 358 g/mol. The number of benzene rings is 1. The van der Waals surface area contributed by atoms with Gasteiger partial charge in [-0.3, -0.25) is 9.59 Å². The Morgan fingerprint density at radius 2 is 2.29 bits per heavy atom. The molecule has 1 saturated heterocycles. The summed E-state index contributed by atoms with van der Waals surface area (Å²) in [4.78, 5) is 26.2. The molecule has 1 heterocycles. The van der Waals surface area contributed by atoms with Crippen molar-refractivity contribution in [3.05, 3.63) is 34.1 Å². The van der Waals surface area contributed by atoms with Crippen LogP contribution in [0.3, 0.4) is 0 Å². The molecule has 0 radical (unpaired) electrons. The number of nitrogens with zero attached hydrogens (tertiary/aromatic N) is 1. The van der Waals surface area contributed by atoms with E-state index in [2.05, 4.69) is 26.6 Å². The lowest BCUT2D eigenvalue weighted by molar-refractivity contribution is -0.126. The number of halogens is 2. The van der Waals surface area contributed by atoms with Gasteiger partial charge < -0.3 is 15.5 Å². The number of carbonyl (C=O) groups is 2. The minimum absolute atomic E-state index is 0.184. The van der Waals surface area contributed by atoms with Crippen molar-refractivity contribution in [2.24, 2.45) is 0 Å². The zero-order valence-electron chi connectivity index (χ0n) is 11.7. The summed E-state index contributed by atoms with van der Waals surface area (Å²) in [6, 6.07) is 3.36. The van der Waals surface area contributed by atoms with Crippen LogP contribution in [-0.2, 0) is 4.79 Å². The fourth-order valence-electron chi connectivity index (χ4n) is 2.29. The normalized spacial score (nSPS) is 18.4. The number of amides is 2. The summed E-state index contributed by atoms with van der Waals surface area (Å²) in [7, 11) is 0. The molecule has 0 saturated carbocycles. The average Bonchev–Trinajstić information content (AvgIpc) is 2.47. The molecule has 2 rings (SSSR count). The molecule has 0 bridgehead atoms. The second-order valence-electron chi connectivity index (χ2n) is 4.74. The lowest BCUT2D eigenvalue weighted by atomic mass is 10.1. The molecule has 0 spiro atoms. The van der Waals surface area contributed by atoms with Crippen molar-refractivity contribution in [3.8, 4) is 0 Å². The summed E-state index contributed by atoms with van der Waals surface area (Å²) in [5, 5.41) is 5.84. The van der Waals surface area contributed by atoms with E-state index < -0.39 is 11.9 Å². The molecule has 0 aliphatic carbocycles. The van der Waals surface area contributed by atoms with Crippen molar-refractivity contribution in [2.75, 3.05) is 26.2 Å². The van der Waals surface area contributed by atoms with Gasteiger partial charge in [0, 0.05) is 30.7 Å². The first-order valence-electron chi connectivity index (χ1n) is 6.79. The van der Waals surface area contributed by atoms with Crippen LogP contribution in [0.25, 0.3) is 0 Å². The van der Waals surface area contributed by atoms with Gasteiger partial charge in [0.25, 0.3) is 5.91 Å². The first-order valence-corrected chi connectivity index (χ1v) is 7.58. The Bertz CT molecular complexity index is 553. The summed E-state index contributed by atoms with van der Waals surface area (Å²) >= 11 is 3.20. The Labute approximate surface area is 131 Å². The predicted molar refractivity (Wildman–Crippen MR) is 80.5 cm³/mol. The van der Waals surface area contributed by atoms with E-state index in [4.69, 9.17) is 0 Å². The van der Waals surface area contributed by atoms with Crippen LogP contribution in [0.15, 0.2) is 22.7 Å². The monoisotopic (exact) mass is 357 g/mol. The van der Waals surface area contributed by atoms with Crippen LogP contribution in [0.5, 0.6) is 0 Å². The Hall–Kier alpha value is -1.47. The molecule has 7 heteroatoms. The first kappa shape index (κ1) is 15.9. The molecule has 0 aromatic heterocycles. The van der Waals surface area contributed by atoms with E-state index in [1.165, 1.54) is 23.1 Å². The van der Waals surface area contributed by atoms with Crippen LogP contribution >= 0.6 is 15.9 Å². The van der Waals surface area contributed by atoms with Gasteiger partial charge in [0.2, 0.25) is 5.91 Å². The fourth-order valence-corrected chi connectivity index (χ4v) is 2.81. The lowest BCUT2D eigenvalue weighted by Crippen LogP contribution is -2.59. The van der Waals surface area contributed by atoms with E-state index >= 15 is 0 Å². The highest BCUT2D eigenvalue weighted by molar-refractivity contribution is 9.10. The van der Waals surface area contributed by atoms with Gasteiger partial charge in [0.1, 0.15) is 11.9 Å². The predicted octanol–water partition coefficient (Wildman–Crippen LogP) is 1.14. The third-order valence-corrected chi connectivity index (χ3v) is 3.98. The maximum atomic E-state index is 13.1. The van der Waals surface area contributed by atoms with Crippen molar-refractivity contribution in [1.82, 2.24) is 15.5 Å². The largest absolute Gasteiger partial charge is 0.355 e. The molecule has 1 aliphatic rings. The van der Waals surface area contributed by atoms with Crippen molar-refractivity contribution in [2.45, 2.75) is 13.0 Å². The van der Waals surface area contributed by atoms with E-state index in [1.807, 2.05) is 6.92 Å². The van der Waals surface area contributed by atoms with Crippen molar-refractivity contribution in [1.29, 1.82) is 0 Å². The summed E-state index contributed by atoms with van der Waals surface area (Å²) in [5.41, 5.74) is 0.354. The smallest absolute Gasteiger partial charge is 0.255 e. The fraction of sp³-hybridized carbons (Fsp3) is 0.429. The highest BCUT2D eigenvalue weighted by Gasteiger charge is 2.32. The number of hydrogen-bond acceptors (Lipinski definition) is 3. The van der Waals surface area contributed by atoms with E-state index in [-0.39, 0.29) is 11.8 Å². The molecule has 2 N–H and O–H groups in total. The van der Waals surface area contributed by atoms with E-state index in [0.717, 1.165) is 0 Å². The zero-order chi connectivity index (χ0) is 15.4. The number of likely N-dealkylation sites (N-methyl/N-ethyl adjacent to an activating group) is 1. The first-order chi connectivity index (χ1) is 10.0. The topological polar surface area (TPSA) is 61.4 Å². The Morgan fingerprint density at radius 1 is 1.52 bits per heavy atom. The molecule has 1 atom stereocenters. The number of carbonyl (C=O) groups excluding carboxylic acids is 2. The van der Waals surface area contributed by atoms with Crippen LogP contribution in [0.4, 0.5) is 4.39 Å².